The van der Waals surface area contributed by atoms with E-state index in [-0.39, 0.29) is 26.4 Å². The summed E-state index contributed by atoms with van der Waals surface area (Å²) in [5, 5.41) is 3.50. The topological polar surface area (TPSA) is 66.0 Å². The number of hydrogen-bond acceptors (Lipinski definition) is 5. The van der Waals surface area contributed by atoms with Gasteiger partial charge in [0.1, 0.15) is 25.6 Å². The third-order valence-electron chi connectivity index (χ3n) is 3.93. The molecule has 1 amide bonds. The van der Waals surface area contributed by atoms with Gasteiger partial charge in [0.25, 0.3) is 5.91 Å². The van der Waals surface area contributed by atoms with Crippen molar-refractivity contribution >= 4 is 29.1 Å². The number of terminal acetylenes is 2. The molecule has 162 valence electrons. The van der Waals surface area contributed by atoms with E-state index in [1.807, 2.05) is 0 Å². The van der Waals surface area contributed by atoms with Gasteiger partial charge in [-0.05, 0) is 24.3 Å². The van der Waals surface area contributed by atoms with E-state index in [4.69, 9.17) is 55.0 Å². The van der Waals surface area contributed by atoms with Crippen molar-refractivity contribution in [3.63, 3.8) is 0 Å². The lowest BCUT2D eigenvalue weighted by Gasteiger charge is -2.18. The highest BCUT2D eigenvalue weighted by molar-refractivity contribution is 6.35. The molecular formula is C23H21Cl2NO5. The zero-order chi connectivity index (χ0) is 22.6. The Morgan fingerprint density at radius 1 is 1.06 bits per heavy atom. The molecule has 0 aliphatic heterocycles. The van der Waals surface area contributed by atoms with E-state index in [1.165, 1.54) is 13.2 Å². The molecule has 0 heterocycles. The molecule has 1 N–H and O–H groups in total. The van der Waals surface area contributed by atoms with Crippen molar-refractivity contribution in [2.45, 2.75) is 6.10 Å². The smallest absolute Gasteiger partial charge is 0.253 e. The first-order chi connectivity index (χ1) is 15.0. The number of carbonyl (C=O) groups is 1. The lowest BCUT2D eigenvalue weighted by Crippen LogP contribution is -2.34. The first-order valence-corrected chi connectivity index (χ1v) is 9.90. The molecule has 0 radical (unpaired) electrons. The quantitative estimate of drug-likeness (QED) is 0.406. The van der Waals surface area contributed by atoms with Crippen molar-refractivity contribution in [3.05, 3.63) is 52.0 Å². The standard InChI is InChI=1S/C23H21Cl2NO5/c1-4-11-30-20-9-7-17(15-21(20)28-3)29-13-10-26-23(27)22(31-12-5-2)18-8-6-16(24)14-19(18)25/h1-2,6-9,14-15,22H,10-13H2,3H3,(H,26,27). The summed E-state index contributed by atoms with van der Waals surface area (Å²) < 4.78 is 21.8. The molecule has 31 heavy (non-hydrogen) atoms. The average Bonchev–Trinajstić information content (AvgIpc) is 2.76. The minimum atomic E-state index is -0.978. The molecule has 0 spiro atoms. The second-order valence-corrected chi connectivity index (χ2v) is 6.85. The third-order valence-corrected chi connectivity index (χ3v) is 4.49. The van der Waals surface area contributed by atoms with Gasteiger partial charge in [-0.15, -0.1) is 12.8 Å². The Labute approximate surface area is 191 Å². The van der Waals surface area contributed by atoms with E-state index in [2.05, 4.69) is 17.2 Å². The molecule has 0 aliphatic carbocycles. The van der Waals surface area contributed by atoms with Crippen LogP contribution in [0.5, 0.6) is 17.2 Å². The van der Waals surface area contributed by atoms with Crippen molar-refractivity contribution in [1.29, 1.82) is 0 Å². The minimum Gasteiger partial charge on any atom is -0.493 e. The largest absolute Gasteiger partial charge is 0.493 e. The lowest BCUT2D eigenvalue weighted by molar-refractivity contribution is -0.132. The van der Waals surface area contributed by atoms with Gasteiger partial charge in [0.2, 0.25) is 0 Å². The van der Waals surface area contributed by atoms with E-state index < -0.39 is 12.0 Å². The molecule has 1 atom stereocenters. The molecule has 1 unspecified atom stereocenters. The maximum absolute atomic E-state index is 12.6. The van der Waals surface area contributed by atoms with Crippen LogP contribution in [0.2, 0.25) is 10.0 Å². The molecule has 8 heteroatoms. The maximum Gasteiger partial charge on any atom is 0.253 e. The Morgan fingerprint density at radius 3 is 2.52 bits per heavy atom. The van der Waals surface area contributed by atoms with Gasteiger partial charge in [0.15, 0.2) is 17.6 Å². The van der Waals surface area contributed by atoms with Gasteiger partial charge in [0, 0.05) is 21.7 Å². The number of methoxy groups -OCH3 is 1. The molecule has 0 aromatic heterocycles. The Bertz CT molecular complexity index is 981. The highest BCUT2D eigenvalue weighted by atomic mass is 35.5. The van der Waals surface area contributed by atoms with Gasteiger partial charge in [-0.3, -0.25) is 4.79 Å². The van der Waals surface area contributed by atoms with E-state index in [0.29, 0.717) is 32.9 Å². The molecule has 0 aliphatic rings. The summed E-state index contributed by atoms with van der Waals surface area (Å²) in [4.78, 5) is 12.6. The van der Waals surface area contributed by atoms with E-state index in [1.54, 1.807) is 30.3 Å². The Kier molecular flexibility index (Phi) is 9.87. The summed E-state index contributed by atoms with van der Waals surface area (Å²) >= 11 is 12.1. The molecule has 0 saturated heterocycles. The summed E-state index contributed by atoms with van der Waals surface area (Å²) in [6, 6.07) is 9.85. The monoisotopic (exact) mass is 461 g/mol. The molecule has 2 rings (SSSR count). The predicted molar refractivity (Wildman–Crippen MR) is 120 cm³/mol. The predicted octanol–water partition coefficient (Wildman–Crippen LogP) is 3.90. The maximum atomic E-state index is 12.6. The number of amides is 1. The first kappa shape index (κ1) is 24.2. The highest BCUT2D eigenvalue weighted by Gasteiger charge is 2.23. The number of rotatable bonds is 11. The van der Waals surface area contributed by atoms with Crippen molar-refractivity contribution in [1.82, 2.24) is 5.32 Å². The molecule has 0 fully saturated rings. The Balaban J connectivity index is 1.94. The fourth-order valence-corrected chi connectivity index (χ4v) is 3.07. The Morgan fingerprint density at radius 2 is 1.84 bits per heavy atom. The molecule has 2 aromatic rings. The van der Waals surface area contributed by atoms with Crippen LogP contribution in [-0.4, -0.2) is 39.4 Å². The fraction of sp³-hybridized carbons (Fsp3) is 0.261. The van der Waals surface area contributed by atoms with Gasteiger partial charge in [-0.2, -0.15) is 0 Å². The normalized spacial score (nSPS) is 11.0. The van der Waals surface area contributed by atoms with Crippen LogP contribution in [0, 0.1) is 24.7 Å². The molecule has 0 saturated carbocycles. The molecule has 2 aromatic carbocycles. The first-order valence-electron chi connectivity index (χ1n) is 9.15. The second-order valence-electron chi connectivity index (χ2n) is 6.01. The molecule has 6 nitrogen and oxygen atoms in total. The number of nitrogens with one attached hydrogen (secondary N) is 1. The van der Waals surface area contributed by atoms with Crippen LogP contribution in [0.15, 0.2) is 36.4 Å². The van der Waals surface area contributed by atoms with Crippen LogP contribution in [0.3, 0.4) is 0 Å². The summed E-state index contributed by atoms with van der Waals surface area (Å²) in [6.07, 6.45) is 9.47. The van der Waals surface area contributed by atoms with Crippen LogP contribution in [0.4, 0.5) is 0 Å². The SMILES string of the molecule is C#CCOc1ccc(OCCNC(=O)C(OCC#C)c2ccc(Cl)cc2Cl)cc1OC. The highest BCUT2D eigenvalue weighted by Crippen LogP contribution is 2.31. The fourth-order valence-electron chi connectivity index (χ4n) is 2.56. The van der Waals surface area contributed by atoms with Crippen LogP contribution in [0.25, 0.3) is 0 Å². The summed E-state index contributed by atoms with van der Waals surface area (Å²) in [5.74, 6) is 5.86. The number of carbonyl (C=O) groups excluding carboxylic acids is 1. The molecular weight excluding hydrogens is 441 g/mol. The second kappa shape index (κ2) is 12.6. The van der Waals surface area contributed by atoms with Crippen molar-refractivity contribution in [2.24, 2.45) is 0 Å². The lowest BCUT2D eigenvalue weighted by atomic mass is 10.1. The number of hydrogen-bond donors (Lipinski definition) is 1. The number of ether oxygens (including phenoxy) is 4. The van der Waals surface area contributed by atoms with Gasteiger partial charge in [-0.1, -0.05) is 41.1 Å². The number of halogens is 2. The van der Waals surface area contributed by atoms with Gasteiger partial charge < -0.3 is 24.3 Å². The van der Waals surface area contributed by atoms with Crippen molar-refractivity contribution in [2.75, 3.05) is 33.5 Å². The van der Waals surface area contributed by atoms with Gasteiger partial charge in [0.05, 0.1) is 13.7 Å². The summed E-state index contributed by atoms with van der Waals surface area (Å²) in [6.45, 7) is 0.498. The minimum absolute atomic E-state index is 0.0541. The Hall–Kier alpha value is -3.03. The van der Waals surface area contributed by atoms with Gasteiger partial charge >= 0.3 is 0 Å². The van der Waals surface area contributed by atoms with E-state index in [9.17, 15) is 4.79 Å². The zero-order valence-corrected chi connectivity index (χ0v) is 18.3. The van der Waals surface area contributed by atoms with Gasteiger partial charge in [-0.25, -0.2) is 0 Å². The van der Waals surface area contributed by atoms with E-state index >= 15 is 0 Å². The number of benzene rings is 2. The summed E-state index contributed by atoms with van der Waals surface area (Å²) in [7, 11) is 1.51. The summed E-state index contributed by atoms with van der Waals surface area (Å²) in [5.41, 5.74) is 0.465. The van der Waals surface area contributed by atoms with Crippen LogP contribution in [0.1, 0.15) is 11.7 Å². The van der Waals surface area contributed by atoms with Crippen molar-refractivity contribution < 1.29 is 23.7 Å². The van der Waals surface area contributed by atoms with E-state index in [0.717, 1.165) is 0 Å². The zero-order valence-electron chi connectivity index (χ0n) is 16.8. The van der Waals surface area contributed by atoms with Crippen LogP contribution in [-0.2, 0) is 9.53 Å². The molecule has 0 bridgehead atoms. The average molecular weight is 462 g/mol. The third kappa shape index (κ3) is 7.31. The van der Waals surface area contributed by atoms with Crippen molar-refractivity contribution in [3.8, 4) is 41.9 Å². The van der Waals surface area contributed by atoms with Crippen LogP contribution < -0.4 is 19.5 Å². The van der Waals surface area contributed by atoms with Crippen LogP contribution >= 0.6 is 23.2 Å².